The zero-order valence-corrected chi connectivity index (χ0v) is 23.1. The number of fused-ring (bicyclic) bond motifs is 1. The summed E-state index contributed by atoms with van der Waals surface area (Å²) in [5, 5.41) is 11.6. The van der Waals surface area contributed by atoms with Crippen LogP contribution in [-0.2, 0) is 17.6 Å². The predicted molar refractivity (Wildman–Crippen MR) is 147 cm³/mol. The van der Waals surface area contributed by atoms with Gasteiger partial charge in [0.25, 0.3) is 0 Å². The Morgan fingerprint density at radius 1 is 1.25 bits per heavy atom. The Labute approximate surface area is 218 Å². The number of aromatic nitrogens is 2. The van der Waals surface area contributed by atoms with Gasteiger partial charge in [0.15, 0.2) is 0 Å². The van der Waals surface area contributed by atoms with Crippen molar-refractivity contribution >= 4 is 28.6 Å². The molecule has 6 nitrogen and oxygen atoms in total. The van der Waals surface area contributed by atoms with Gasteiger partial charge in [0.1, 0.15) is 11.9 Å². The van der Waals surface area contributed by atoms with Crippen molar-refractivity contribution in [1.29, 1.82) is 0 Å². The molecule has 1 amide bonds. The van der Waals surface area contributed by atoms with E-state index in [1.54, 1.807) is 24.9 Å². The summed E-state index contributed by atoms with van der Waals surface area (Å²) in [5.41, 5.74) is 2.20. The average Bonchev–Trinajstić information content (AvgIpc) is 3.38. The lowest BCUT2D eigenvalue weighted by atomic mass is 10.0. The molecule has 1 aromatic carbocycles. The van der Waals surface area contributed by atoms with E-state index in [0.717, 1.165) is 52.3 Å². The van der Waals surface area contributed by atoms with Gasteiger partial charge >= 0.3 is 0 Å². The molecule has 194 valence electrons. The fourth-order valence-corrected chi connectivity index (χ4v) is 6.12. The van der Waals surface area contributed by atoms with Crippen molar-refractivity contribution in [3.05, 3.63) is 54.0 Å². The highest BCUT2D eigenvalue weighted by atomic mass is 32.2. The average molecular weight is 510 g/mol. The molecule has 1 fully saturated rings. The van der Waals surface area contributed by atoms with Gasteiger partial charge in [0.2, 0.25) is 5.91 Å². The fourth-order valence-electron chi connectivity index (χ4n) is 4.98. The minimum atomic E-state index is -0.820. The van der Waals surface area contributed by atoms with Gasteiger partial charge < -0.3 is 19.7 Å². The predicted octanol–water partition coefficient (Wildman–Crippen LogP) is 5.77. The van der Waals surface area contributed by atoms with Gasteiger partial charge in [0.05, 0.1) is 11.6 Å². The number of likely N-dealkylation sites (tertiary alicyclic amines) is 1. The van der Waals surface area contributed by atoms with Gasteiger partial charge in [-0.1, -0.05) is 26.8 Å². The summed E-state index contributed by atoms with van der Waals surface area (Å²) in [6.07, 6.45) is 4.68. The van der Waals surface area contributed by atoms with E-state index < -0.39 is 5.60 Å². The Morgan fingerprint density at radius 2 is 2.03 bits per heavy atom. The third-order valence-corrected chi connectivity index (χ3v) is 7.65. The number of amides is 1. The van der Waals surface area contributed by atoms with Gasteiger partial charge in [-0.3, -0.25) is 9.78 Å². The Balaban J connectivity index is 1.70. The summed E-state index contributed by atoms with van der Waals surface area (Å²) in [7, 11) is 0. The van der Waals surface area contributed by atoms with Crippen LogP contribution in [0.15, 0.2) is 47.5 Å². The van der Waals surface area contributed by atoms with E-state index in [4.69, 9.17) is 4.74 Å². The first-order valence-corrected chi connectivity index (χ1v) is 13.6. The number of thioether (sulfide) groups is 1. The van der Waals surface area contributed by atoms with Crippen LogP contribution in [0.5, 0.6) is 5.75 Å². The number of hydrogen-bond acceptors (Lipinski definition) is 5. The zero-order valence-electron chi connectivity index (χ0n) is 22.3. The maximum absolute atomic E-state index is 12.4. The molecule has 0 bridgehead atoms. The van der Waals surface area contributed by atoms with Crippen LogP contribution >= 0.6 is 11.8 Å². The zero-order chi connectivity index (χ0) is 26.1. The summed E-state index contributed by atoms with van der Waals surface area (Å²) in [4.78, 5) is 23.5. The third-order valence-electron chi connectivity index (χ3n) is 6.37. The Hall–Kier alpha value is -2.51. The molecule has 3 aromatic rings. The molecule has 2 N–H and O–H groups in total. The van der Waals surface area contributed by atoms with E-state index in [-0.39, 0.29) is 22.8 Å². The second-order valence-corrected chi connectivity index (χ2v) is 13.3. The number of aliphatic hydroxyl groups is 1. The Kier molecular flexibility index (Phi) is 7.72. The number of hydrogen-bond donors (Lipinski definition) is 2. The van der Waals surface area contributed by atoms with Crippen LogP contribution in [0.4, 0.5) is 0 Å². The molecule has 1 aliphatic heterocycles. The molecule has 1 aliphatic rings. The molecule has 2 atom stereocenters. The van der Waals surface area contributed by atoms with Crippen molar-refractivity contribution < 1.29 is 14.6 Å². The van der Waals surface area contributed by atoms with Crippen molar-refractivity contribution in [2.45, 2.75) is 94.6 Å². The van der Waals surface area contributed by atoms with Gasteiger partial charge in [-0.05, 0) is 57.0 Å². The molecular formula is C29H39N3O3S. The van der Waals surface area contributed by atoms with Crippen LogP contribution in [0.25, 0.3) is 10.9 Å². The van der Waals surface area contributed by atoms with Crippen LogP contribution in [-0.4, -0.2) is 54.9 Å². The van der Waals surface area contributed by atoms with Gasteiger partial charge in [0, 0.05) is 64.4 Å². The molecular weight excluding hydrogens is 470 g/mol. The summed E-state index contributed by atoms with van der Waals surface area (Å²) in [5.74, 6) is 0.872. The molecule has 7 heteroatoms. The molecule has 36 heavy (non-hydrogen) atoms. The summed E-state index contributed by atoms with van der Waals surface area (Å²) in [6, 6.07) is 12.1. The summed E-state index contributed by atoms with van der Waals surface area (Å²) in [6.45, 7) is 12.7. The molecule has 4 rings (SSSR count). The number of carbonyl (C=O) groups excluding carboxylic acids is 1. The van der Waals surface area contributed by atoms with Crippen LogP contribution in [0.3, 0.4) is 0 Å². The van der Waals surface area contributed by atoms with Crippen molar-refractivity contribution in [2.75, 3.05) is 6.54 Å². The standard InChI is InChI=1S/C29H39N3O3S/c1-19(33)32-15-9-11-25(32)26(16-20-10-7-8-14-30-20)35-21-12-13-23-22(17-21)27(36-28(2,3)4)24(31-23)18-29(5,6)34/h7-8,10,12-14,17,25-26,31,34H,9,11,15-16,18H2,1-6H3/t25-,26?/m1/s1. The number of ether oxygens (including phenoxy) is 1. The Morgan fingerprint density at radius 3 is 2.67 bits per heavy atom. The molecule has 0 saturated carbocycles. The normalized spacial score (nSPS) is 17.5. The Bertz CT molecular complexity index is 1190. The third kappa shape index (κ3) is 6.62. The smallest absolute Gasteiger partial charge is 0.219 e. The molecule has 0 aliphatic carbocycles. The highest BCUT2D eigenvalue weighted by Gasteiger charge is 2.35. The minimum Gasteiger partial charge on any atom is -0.488 e. The van der Waals surface area contributed by atoms with Crippen LogP contribution in [0.2, 0.25) is 0 Å². The van der Waals surface area contributed by atoms with E-state index in [9.17, 15) is 9.90 Å². The maximum atomic E-state index is 12.4. The highest BCUT2D eigenvalue weighted by Crippen LogP contribution is 2.41. The van der Waals surface area contributed by atoms with Crippen molar-refractivity contribution in [3.8, 4) is 5.75 Å². The largest absolute Gasteiger partial charge is 0.488 e. The van der Waals surface area contributed by atoms with Crippen molar-refractivity contribution in [3.63, 3.8) is 0 Å². The quantitative estimate of drug-likeness (QED) is 0.377. The van der Waals surface area contributed by atoms with E-state index in [1.165, 1.54) is 0 Å². The van der Waals surface area contributed by atoms with Crippen molar-refractivity contribution in [1.82, 2.24) is 14.9 Å². The number of benzene rings is 1. The lowest BCUT2D eigenvalue weighted by Gasteiger charge is -2.31. The lowest BCUT2D eigenvalue weighted by molar-refractivity contribution is -0.131. The SMILES string of the molecule is CC(=O)N1CCC[C@@H]1C(Cc1ccccn1)Oc1ccc2[nH]c(CC(C)(C)O)c(SC(C)(C)C)c2c1. The van der Waals surface area contributed by atoms with E-state index >= 15 is 0 Å². The van der Waals surface area contributed by atoms with Crippen molar-refractivity contribution in [2.24, 2.45) is 0 Å². The second-order valence-electron chi connectivity index (χ2n) is 11.4. The number of aromatic amines is 1. The van der Waals surface area contributed by atoms with Gasteiger partial charge in [-0.15, -0.1) is 11.8 Å². The van der Waals surface area contributed by atoms with E-state index in [0.29, 0.717) is 12.8 Å². The number of nitrogens with zero attached hydrogens (tertiary/aromatic N) is 2. The maximum Gasteiger partial charge on any atom is 0.219 e. The first kappa shape index (κ1) is 26.6. The van der Waals surface area contributed by atoms with E-state index in [1.807, 2.05) is 43.0 Å². The fraction of sp³-hybridized carbons (Fsp3) is 0.517. The molecule has 0 spiro atoms. The minimum absolute atomic E-state index is 0.00762. The van der Waals surface area contributed by atoms with Crippen LogP contribution in [0.1, 0.15) is 65.8 Å². The summed E-state index contributed by atoms with van der Waals surface area (Å²) >= 11 is 1.80. The monoisotopic (exact) mass is 509 g/mol. The number of nitrogens with one attached hydrogen (secondary N) is 1. The van der Waals surface area contributed by atoms with E-state index in [2.05, 4.69) is 42.9 Å². The first-order valence-electron chi connectivity index (χ1n) is 12.8. The topological polar surface area (TPSA) is 78.5 Å². The molecule has 1 saturated heterocycles. The molecule has 0 radical (unpaired) electrons. The number of carbonyl (C=O) groups is 1. The van der Waals surface area contributed by atoms with Gasteiger partial charge in [-0.25, -0.2) is 0 Å². The van der Waals surface area contributed by atoms with Crippen LogP contribution < -0.4 is 4.74 Å². The number of pyridine rings is 1. The molecule has 1 unspecified atom stereocenters. The second kappa shape index (κ2) is 10.5. The number of H-pyrrole nitrogens is 1. The lowest BCUT2D eigenvalue weighted by Crippen LogP contribution is -2.45. The van der Waals surface area contributed by atoms with Crippen LogP contribution in [0, 0.1) is 0 Å². The summed E-state index contributed by atoms with van der Waals surface area (Å²) < 4.78 is 6.69. The van der Waals surface area contributed by atoms with Gasteiger partial charge in [-0.2, -0.15) is 0 Å². The molecule has 3 heterocycles. The highest BCUT2D eigenvalue weighted by molar-refractivity contribution is 8.00. The number of rotatable bonds is 8. The molecule has 2 aromatic heterocycles. The first-order chi connectivity index (χ1) is 16.9.